The first-order chi connectivity index (χ1) is 11.1. The topological polar surface area (TPSA) is 70.8 Å². The second-order valence-corrected chi connectivity index (χ2v) is 8.21. The fourth-order valence-electron chi connectivity index (χ4n) is 3.40. The number of nitrogens with zero attached hydrogens (tertiary/aromatic N) is 4. The van der Waals surface area contributed by atoms with Crippen LogP contribution in [0.15, 0.2) is 0 Å². The van der Waals surface area contributed by atoms with Crippen LogP contribution in [-0.2, 0) is 4.79 Å². The molecule has 1 aliphatic heterocycles. The van der Waals surface area contributed by atoms with Crippen LogP contribution in [0.4, 0.5) is 0 Å². The van der Waals surface area contributed by atoms with Crippen LogP contribution < -0.4 is 0 Å². The van der Waals surface area contributed by atoms with Crippen molar-refractivity contribution in [2.24, 2.45) is 11.3 Å². The number of hydrogen-bond donors (Lipinski definition) is 1. The quantitative estimate of drug-likeness (QED) is 0.783. The Kier molecular flexibility index (Phi) is 7.65. The highest BCUT2D eigenvalue weighted by Crippen LogP contribution is 2.23. The number of likely N-dealkylation sites (N-methyl/N-ethyl adjacent to an activating group) is 1. The largest absolute Gasteiger partial charge is 0.395 e. The maximum atomic E-state index is 12.6. The van der Waals surface area contributed by atoms with E-state index >= 15 is 0 Å². The average molecular weight is 338 g/mol. The molecule has 2 unspecified atom stereocenters. The first-order valence-electron chi connectivity index (χ1n) is 8.84. The molecular formula is C18H34N4O2. The summed E-state index contributed by atoms with van der Waals surface area (Å²) < 4.78 is 0. The number of hydrogen-bond acceptors (Lipinski definition) is 5. The molecule has 0 aliphatic carbocycles. The van der Waals surface area contributed by atoms with Crippen LogP contribution in [0.3, 0.4) is 0 Å². The second-order valence-electron chi connectivity index (χ2n) is 8.21. The lowest BCUT2D eigenvalue weighted by Crippen LogP contribution is -2.55. The lowest BCUT2D eigenvalue weighted by Gasteiger charge is -2.40. The van der Waals surface area contributed by atoms with Gasteiger partial charge in [-0.15, -0.1) is 0 Å². The molecule has 1 rings (SSSR count). The van der Waals surface area contributed by atoms with Crippen molar-refractivity contribution in [2.75, 3.05) is 46.4 Å². The summed E-state index contributed by atoms with van der Waals surface area (Å²) in [5.74, 6) is 0.387. The summed E-state index contributed by atoms with van der Waals surface area (Å²) in [6, 6.07) is 2.24. The van der Waals surface area contributed by atoms with E-state index in [1.54, 1.807) is 0 Å². The lowest BCUT2D eigenvalue weighted by molar-refractivity contribution is -0.135. The van der Waals surface area contributed by atoms with E-state index in [2.05, 4.69) is 45.6 Å². The summed E-state index contributed by atoms with van der Waals surface area (Å²) in [6.45, 7) is 13.5. The minimum absolute atomic E-state index is 0.0410. The Morgan fingerprint density at radius 2 is 1.79 bits per heavy atom. The molecule has 1 fully saturated rings. The third kappa shape index (κ3) is 5.44. The number of carbonyl (C=O) groups excluding carboxylic acids is 1. The van der Waals surface area contributed by atoms with Gasteiger partial charge in [-0.2, -0.15) is 5.26 Å². The van der Waals surface area contributed by atoms with Gasteiger partial charge in [0.25, 0.3) is 0 Å². The molecule has 1 N–H and O–H groups in total. The number of carbonyl (C=O) groups is 1. The predicted octanol–water partition coefficient (Wildman–Crippen LogP) is 1.02. The minimum Gasteiger partial charge on any atom is -0.395 e. The summed E-state index contributed by atoms with van der Waals surface area (Å²) in [6.07, 6.45) is 0. The zero-order valence-corrected chi connectivity index (χ0v) is 16.1. The van der Waals surface area contributed by atoms with Crippen molar-refractivity contribution in [1.82, 2.24) is 14.7 Å². The van der Waals surface area contributed by atoms with Crippen LogP contribution in [0.2, 0.25) is 0 Å². The fourth-order valence-corrected chi connectivity index (χ4v) is 3.40. The predicted molar refractivity (Wildman–Crippen MR) is 95.4 cm³/mol. The van der Waals surface area contributed by atoms with Gasteiger partial charge in [-0.25, -0.2) is 0 Å². The van der Waals surface area contributed by atoms with E-state index in [-0.39, 0.29) is 30.0 Å². The number of nitriles is 1. The number of aliphatic hydroxyl groups excluding tert-OH is 1. The summed E-state index contributed by atoms with van der Waals surface area (Å²) in [4.78, 5) is 18.5. The molecule has 138 valence electrons. The van der Waals surface area contributed by atoms with Crippen LogP contribution in [0, 0.1) is 22.7 Å². The van der Waals surface area contributed by atoms with Crippen molar-refractivity contribution in [3.63, 3.8) is 0 Å². The molecule has 2 atom stereocenters. The molecule has 0 spiro atoms. The van der Waals surface area contributed by atoms with E-state index in [1.807, 2.05) is 16.8 Å². The van der Waals surface area contributed by atoms with Gasteiger partial charge in [-0.3, -0.25) is 14.6 Å². The van der Waals surface area contributed by atoms with Gasteiger partial charge in [0.05, 0.1) is 19.2 Å². The monoisotopic (exact) mass is 338 g/mol. The Hall–Kier alpha value is -1.16. The van der Waals surface area contributed by atoms with Crippen LogP contribution in [0.5, 0.6) is 0 Å². The number of piperazine rings is 1. The van der Waals surface area contributed by atoms with E-state index < -0.39 is 0 Å². The Labute approximate surface area is 147 Å². The average Bonchev–Trinajstić information content (AvgIpc) is 2.47. The van der Waals surface area contributed by atoms with Gasteiger partial charge < -0.3 is 10.0 Å². The molecule has 0 aromatic carbocycles. The molecule has 0 saturated carbocycles. The Morgan fingerprint density at radius 3 is 2.17 bits per heavy atom. The molecule has 1 aliphatic rings. The summed E-state index contributed by atoms with van der Waals surface area (Å²) >= 11 is 0. The Bertz CT molecular complexity index is 445. The highest BCUT2D eigenvalue weighted by Gasteiger charge is 2.31. The van der Waals surface area contributed by atoms with Gasteiger partial charge in [0.1, 0.15) is 6.04 Å². The van der Waals surface area contributed by atoms with E-state index in [0.29, 0.717) is 25.6 Å². The van der Waals surface area contributed by atoms with Gasteiger partial charge in [0.15, 0.2) is 0 Å². The normalized spacial score (nSPS) is 19.4. The van der Waals surface area contributed by atoms with Crippen molar-refractivity contribution in [2.45, 2.75) is 46.7 Å². The van der Waals surface area contributed by atoms with Crippen molar-refractivity contribution in [1.29, 1.82) is 5.26 Å². The molecule has 0 bridgehead atoms. The standard InChI is InChI=1S/C18H34N4O2/c1-14(2)15(11-19)21-7-9-22(10-8-21)17(24)12-20(6)16(13-23)18(3,4)5/h14-16,23H,7-10,12-13H2,1-6H3. The number of amides is 1. The highest BCUT2D eigenvalue weighted by molar-refractivity contribution is 5.78. The van der Waals surface area contributed by atoms with Gasteiger partial charge in [0, 0.05) is 32.2 Å². The first kappa shape index (κ1) is 20.9. The van der Waals surface area contributed by atoms with Gasteiger partial charge in [0.2, 0.25) is 5.91 Å². The molecule has 6 nitrogen and oxygen atoms in total. The van der Waals surface area contributed by atoms with Crippen LogP contribution >= 0.6 is 0 Å². The van der Waals surface area contributed by atoms with E-state index in [0.717, 1.165) is 13.1 Å². The number of aliphatic hydroxyl groups is 1. The smallest absolute Gasteiger partial charge is 0.236 e. The zero-order chi connectivity index (χ0) is 18.5. The highest BCUT2D eigenvalue weighted by atomic mass is 16.3. The molecule has 0 aromatic heterocycles. The molecule has 1 amide bonds. The van der Waals surface area contributed by atoms with E-state index in [9.17, 15) is 15.2 Å². The lowest BCUT2D eigenvalue weighted by atomic mass is 9.86. The zero-order valence-electron chi connectivity index (χ0n) is 16.1. The molecule has 0 radical (unpaired) electrons. The molecule has 0 aromatic rings. The number of rotatable bonds is 6. The van der Waals surface area contributed by atoms with E-state index in [1.165, 1.54) is 0 Å². The van der Waals surface area contributed by atoms with Crippen LogP contribution in [0.25, 0.3) is 0 Å². The van der Waals surface area contributed by atoms with Crippen molar-refractivity contribution in [3.8, 4) is 6.07 Å². The van der Waals surface area contributed by atoms with Gasteiger partial charge in [-0.1, -0.05) is 34.6 Å². The summed E-state index contributed by atoms with van der Waals surface area (Å²) in [5.41, 5.74) is -0.0836. The molecule has 1 saturated heterocycles. The molecule has 1 heterocycles. The first-order valence-corrected chi connectivity index (χ1v) is 8.84. The summed E-state index contributed by atoms with van der Waals surface area (Å²) in [5, 5.41) is 18.9. The van der Waals surface area contributed by atoms with Crippen molar-refractivity contribution >= 4 is 5.91 Å². The fraction of sp³-hybridized carbons (Fsp3) is 0.889. The van der Waals surface area contributed by atoms with Crippen molar-refractivity contribution in [3.05, 3.63) is 0 Å². The maximum Gasteiger partial charge on any atom is 0.236 e. The van der Waals surface area contributed by atoms with Gasteiger partial charge in [-0.05, 0) is 18.4 Å². The van der Waals surface area contributed by atoms with Gasteiger partial charge >= 0.3 is 0 Å². The molecular weight excluding hydrogens is 304 g/mol. The van der Waals surface area contributed by atoms with Crippen LogP contribution in [0.1, 0.15) is 34.6 Å². The Morgan fingerprint density at radius 1 is 1.25 bits per heavy atom. The Balaban J connectivity index is 2.56. The maximum absolute atomic E-state index is 12.6. The SMILES string of the molecule is CC(C)C(C#N)N1CCN(C(=O)CN(C)C(CO)C(C)(C)C)CC1. The van der Waals surface area contributed by atoms with Crippen LogP contribution in [-0.4, -0.2) is 84.2 Å². The third-order valence-electron chi connectivity index (χ3n) is 4.91. The molecule has 6 heteroatoms. The minimum atomic E-state index is -0.0836. The second kappa shape index (κ2) is 8.80. The van der Waals surface area contributed by atoms with E-state index in [4.69, 9.17) is 0 Å². The summed E-state index contributed by atoms with van der Waals surface area (Å²) in [7, 11) is 1.89. The third-order valence-corrected chi connectivity index (χ3v) is 4.91. The van der Waals surface area contributed by atoms with Crippen molar-refractivity contribution < 1.29 is 9.90 Å². The molecule has 24 heavy (non-hydrogen) atoms.